The van der Waals surface area contributed by atoms with Gasteiger partial charge in [0.15, 0.2) is 23.1 Å². The fourth-order valence-corrected chi connectivity index (χ4v) is 9.21. The fraction of sp³-hybridized carbons (Fsp3) is 0.0182. The van der Waals surface area contributed by atoms with Crippen molar-refractivity contribution in [1.82, 2.24) is 19.9 Å². The molecular weight excluding hydrogens is 733 g/mol. The van der Waals surface area contributed by atoms with E-state index in [1.165, 1.54) is 16.7 Å². The lowest BCUT2D eigenvalue weighted by Gasteiger charge is -2.32. The molecule has 0 N–H and O–H groups in total. The summed E-state index contributed by atoms with van der Waals surface area (Å²) >= 11 is 0. The van der Waals surface area contributed by atoms with Crippen LogP contribution in [0.3, 0.4) is 0 Å². The maximum Gasteiger partial charge on any atom is 0.227 e. The van der Waals surface area contributed by atoms with Crippen LogP contribution < -0.4 is 0 Å². The fourth-order valence-electron chi connectivity index (χ4n) is 9.21. The van der Waals surface area contributed by atoms with Crippen molar-refractivity contribution in [2.45, 2.75) is 5.41 Å². The first-order valence-electron chi connectivity index (χ1n) is 20.2. The van der Waals surface area contributed by atoms with Crippen molar-refractivity contribution in [3.63, 3.8) is 0 Å². The average Bonchev–Trinajstić information content (AvgIpc) is 3.90. The predicted octanol–water partition coefficient (Wildman–Crippen LogP) is 13.4. The van der Waals surface area contributed by atoms with Crippen molar-refractivity contribution >= 4 is 32.6 Å². The van der Waals surface area contributed by atoms with Crippen LogP contribution in [0.25, 0.3) is 89.1 Å². The smallest absolute Gasteiger partial charge is 0.227 e. The molecule has 0 unspecified atom stereocenters. The van der Waals surface area contributed by atoms with E-state index in [-0.39, 0.29) is 0 Å². The monoisotopic (exact) mass is 766 g/mol. The molecule has 0 fully saturated rings. The summed E-state index contributed by atoms with van der Waals surface area (Å²) in [5.41, 5.74) is 11.5. The zero-order valence-electron chi connectivity index (χ0n) is 32.3. The standard InChI is InChI=1S/C55H34N4O/c1-4-14-35(15-5-1)36-28-31-42(32-29-36)55(46-22-12-10-20-43(46)44-21-11-13-23-47(44)55)54-58-51(39-16-6-2-7-17-39)57-52(59-54)41-27-25-37-24-26-38-30-33-48-50(49(38)45(37)34-41)60-53(56-48)40-18-8-3-9-19-40/h1-34H. The molecule has 2 aromatic heterocycles. The summed E-state index contributed by atoms with van der Waals surface area (Å²) in [5, 5.41) is 4.20. The maximum absolute atomic E-state index is 6.60. The van der Waals surface area contributed by atoms with Gasteiger partial charge in [0.25, 0.3) is 0 Å². The minimum absolute atomic E-state index is 0.592. The van der Waals surface area contributed by atoms with Crippen LogP contribution in [0.2, 0.25) is 0 Å². The third-order valence-corrected chi connectivity index (χ3v) is 12.0. The molecule has 280 valence electrons. The molecule has 0 aliphatic heterocycles. The molecule has 0 radical (unpaired) electrons. The number of oxazole rings is 1. The second-order valence-corrected chi connectivity index (χ2v) is 15.4. The van der Waals surface area contributed by atoms with E-state index in [1.807, 2.05) is 54.6 Å². The van der Waals surface area contributed by atoms with E-state index in [2.05, 4.69) is 152 Å². The zero-order valence-corrected chi connectivity index (χ0v) is 32.3. The topological polar surface area (TPSA) is 64.7 Å². The van der Waals surface area contributed by atoms with Gasteiger partial charge in [0, 0.05) is 22.1 Å². The van der Waals surface area contributed by atoms with E-state index in [0.29, 0.717) is 23.4 Å². The molecule has 60 heavy (non-hydrogen) atoms. The van der Waals surface area contributed by atoms with E-state index in [9.17, 15) is 0 Å². The van der Waals surface area contributed by atoms with Gasteiger partial charge in [-0.1, -0.05) is 182 Å². The van der Waals surface area contributed by atoms with E-state index in [4.69, 9.17) is 24.4 Å². The highest BCUT2D eigenvalue weighted by molar-refractivity contribution is 6.18. The van der Waals surface area contributed by atoms with E-state index < -0.39 is 5.41 Å². The van der Waals surface area contributed by atoms with Crippen molar-refractivity contribution in [2.24, 2.45) is 0 Å². The van der Waals surface area contributed by atoms with Crippen LogP contribution >= 0.6 is 0 Å². The summed E-state index contributed by atoms with van der Waals surface area (Å²) in [5.74, 6) is 2.47. The van der Waals surface area contributed by atoms with Crippen molar-refractivity contribution in [3.8, 4) is 56.5 Å². The molecule has 5 heteroatoms. The van der Waals surface area contributed by atoms with Gasteiger partial charge in [-0.15, -0.1) is 0 Å². The molecule has 0 saturated carbocycles. The Morgan fingerprint density at radius 1 is 0.383 bits per heavy atom. The predicted molar refractivity (Wildman–Crippen MR) is 241 cm³/mol. The molecule has 9 aromatic carbocycles. The van der Waals surface area contributed by atoms with Gasteiger partial charge in [0.1, 0.15) is 10.9 Å². The van der Waals surface area contributed by atoms with E-state index >= 15 is 0 Å². The van der Waals surface area contributed by atoms with Crippen molar-refractivity contribution in [1.29, 1.82) is 0 Å². The number of hydrogen-bond donors (Lipinski definition) is 0. The molecule has 11 aromatic rings. The van der Waals surface area contributed by atoms with Crippen LogP contribution in [-0.2, 0) is 5.41 Å². The highest BCUT2D eigenvalue weighted by Crippen LogP contribution is 2.55. The van der Waals surface area contributed by atoms with Gasteiger partial charge in [-0.3, -0.25) is 0 Å². The van der Waals surface area contributed by atoms with Crippen molar-refractivity contribution in [2.75, 3.05) is 0 Å². The molecule has 0 amide bonds. The van der Waals surface area contributed by atoms with Crippen LogP contribution in [0, 0.1) is 0 Å². The lowest BCUT2D eigenvalue weighted by atomic mass is 9.71. The third-order valence-electron chi connectivity index (χ3n) is 12.0. The molecule has 0 bridgehead atoms. The molecule has 1 aliphatic rings. The van der Waals surface area contributed by atoms with Gasteiger partial charge in [0.2, 0.25) is 5.89 Å². The Hall–Kier alpha value is -8.02. The minimum atomic E-state index is -0.840. The Kier molecular flexibility index (Phi) is 7.69. The average molecular weight is 767 g/mol. The molecule has 12 rings (SSSR count). The number of fused-ring (bicyclic) bond motifs is 8. The lowest BCUT2D eigenvalue weighted by molar-refractivity contribution is 0.623. The van der Waals surface area contributed by atoms with E-state index in [0.717, 1.165) is 71.6 Å². The van der Waals surface area contributed by atoms with Crippen LogP contribution in [-0.4, -0.2) is 19.9 Å². The molecule has 0 spiro atoms. The Labute approximate surface area is 346 Å². The summed E-state index contributed by atoms with van der Waals surface area (Å²) < 4.78 is 6.60. The van der Waals surface area contributed by atoms with Crippen molar-refractivity contribution in [3.05, 3.63) is 229 Å². The van der Waals surface area contributed by atoms with Crippen LogP contribution in [0.15, 0.2) is 211 Å². The first-order valence-corrected chi connectivity index (χ1v) is 20.2. The first-order chi connectivity index (χ1) is 29.7. The number of benzene rings is 9. The highest BCUT2D eigenvalue weighted by Gasteiger charge is 2.48. The van der Waals surface area contributed by atoms with Gasteiger partial charge < -0.3 is 4.42 Å². The summed E-state index contributed by atoms with van der Waals surface area (Å²) in [4.78, 5) is 21.2. The second-order valence-electron chi connectivity index (χ2n) is 15.4. The third kappa shape index (κ3) is 5.26. The minimum Gasteiger partial charge on any atom is -0.435 e. The highest BCUT2D eigenvalue weighted by atomic mass is 16.3. The van der Waals surface area contributed by atoms with Crippen LogP contribution in [0.5, 0.6) is 0 Å². The summed E-state index contributed by atoms with van der Waals surface area (Å²) in [7, 11) is 0. The van der Waals surface area contributed by atoms with E-state index in [1.54, 1.807) is 0 Å². The number of aromatic nitrogens is 4. The van der Waals surface area contributed by atoms with Crippen molar-refractivity contribution < 1.29 is 4.42 Å². The summed E-state index contributed by atoms with van der Waals surface area (Å²) in [6, 6.07) is 72.1. The largest absolute Gasteiger partial charge is 0.435 e. The van der Waals surface area contributed by atoms with Crippen LogP contribution in [0.1, 0.15) is 22.5 Å². The molecule has 1 aliphatic carbocycles. The van der Waals surface area contributed by atoms with Gasteiger partial charge >= 0.3 is 0 Å². The molecule has 2 heterocycles. The summed E-state index contributed by atoms with van der Waals surface area (Å²) in [6.07, 6.45) is 0. The maximum atomic E-state index is 6.60. The first kappa shape index (κ1) is 34.1. The Morgan fingerprint density at radius 3 is 1.58 bits per heavy atom. The van der Waals surface area contributed by atoms with Gasteiger partial charge in [-0.05, 0) is 79.4 Å². The SMILES string of the molecule is c1ccc(-c2ccc(C3(c4nc(-c5ccccc5)nc(-c5ccc6ccc7ccc8nc(-c9ccccc9)oc8c7c6c5)n4)c4ccccc4-c4ccccc43)cc2)cc1. The number of nitrogens with zero attached hydrogens (tertiary/aromatic N) is 4. The quantitative estimate of drug-likeness (QED) is 0.158. The Balaban J connectivity index is 1.12. The van der Waals surface area contributed by atoms with Gasteiger partial charge in [-0.2, -0.15) is 0 Å². The van der Waals surface area contributed by atoms with Gasteiger partial charge in [-0.25, -0.2) is 19.9 Å². The zero-order chi connectivity index (χ0) is 39.6. The Bertz CT molecular complexity index is 3370. The lowest BCUT2D eigenvalue weighted by Crippen LogP contribution is -2.31. The molecular formula is C55H34N4O. The number of rotatable bonds is 6. The molecule has 5 nitrogen and oxygen atoms in total. The normalized spacial score (nSPS) is 12.8. The van der Waals surface area contributed by atoms with Crippen LogP contribution in [0.4, 0.5) is 0 Å². The Morgan fingerprint density at radius 2 is 0.900 bits per heavy atom. The number of hydrogen-bond acceptors (Lipinski definition) is 5. The summed E-state index contributed by atoms with van der Waals surface area (Å²) in [6.45, 7) is 0. The molecule has 0 saturated heterocycles. The molecule has 0 atom stereocenters. The van der Waals surface area contributed by atoms with Gasteiger partial charge in [0.05, 0.1) is 0 Å². The second kappa shape index (κ2) is 13.5.